The quantitative estimate of drug-likeness (QED) is 0.0739. The molecule has 4 aromatic rings. The number of amides is 1. The monoisotopic (exact) mass is 659 g/mol. The van der Waals surface area contributed by atoms with Crippen LogP contribution in [0.1, 0.15) is 33.9 Å². The molecule has 1 fully saturated rings. The van der Waals surface area contributed by atoms with Crippen molar-refractivity contribution in [1.29, 1.82) is 0 Å². The van der Waals surface area contributed by atoms with Crippen LogP contribution in [0.15, 0.2) is 75.0 Å². The number of thioether (sulfide) groups is 1. The summed E-state index contributed by atoms with van der Waals surface area (Å²) in [7, 11) is 0. The zero-order chi connectivity index (χ0) is 27.8. The Morgan fingerprint density at radius 3 is 2.62 bits per heavy atom. The molecule has 0 saturated carbocycles. The zero-order valence-electron chi connectivity index (χ0n) is 20.6. The van der Waals surface area contributed by atoms with Crippen molar-refractivity contribution in [3.8, 4) is 0 Å². The molecule has 1 unspecified atom stereocenters. The molecule has 1 aliphatic rings. The van der Waals surface area contributed by atoms with Crippen LogP contribution in [0, 0.1) is 13.8 Å². The van der Waals surface area contributed by atoms with Crippen molar-refractivity contribution in [1.82, 2.24) is 10.2 Å². The molecule has 1 N–H and O–H groups in total. The van der Waals surface area contributed by atoms with Gasteiger partial charge in [-0.05, 0) is 60.9 Å². The van der Waals surface area contributed by atoms with Crippen LogP contribution in [0.4, 0.5) is 5.13 Å². The molecule has 1 atom stereocenters. The van der Waals surface area contributed by atoms with Crippen molar-refractivity contribution >= 4 is 84.8 Å². The third kappa shape index (κ3) is 5.64. The highest BCUT2D eigenvalue weighted by atomic mass is 79.9. The maximum Gasteiger partial charge on any atom is 0.301 e. The van der Waals surface area contributed by atoms with E-state index in [0.717, 1.165) is 21.2 Å². The smallest absolute Gasteiger partial charge is 0.301 e. The number of nitrogens with zero attached hydrogens (tertiary/aromatic N) is 3. The van der Waals surface area contributed by atoms with E-state index in [1.54, 1.807) is 18.2 Å². The van der Waals surface area contributed by atoms with Crippen molar-refractivity contribution in [2.75, 3.05) is 4.90 Å². The highest BCUT2D eigenvalue weighted by molar-refractivity contribution is 9.10. The average Bonchev–Trinajstić information content (AvgIpc) is 3.46. The van der Waals surface area contributed by atoms with Gasteiger partial charge in [-0.2, -0.15) is 0 Å². The van der Waals surface area contributed by atoms with Gasteiger partial charge in [0.25, 0.3) is 5.78 Å². The Bertz CT molecular complexity index is 1660. The number of hydrogen-bond donors (Lipinski definition) is 1. The molecular formula is C28H20BrCl2N3O3S2. The number of aliphatic hydroxyl groups excluding tert-OH is 1. The standard InChI is InChI=1S/C28H20BrCl2N3O3S2/c1-14-6-7-15(2)20(10-14)24(35)22-23(16-4-3-5-18(29)11-16)34(26(37)25(22)36)27-32-33-28(39-27)38-13-17-8-9-19(30)12-21(17)31/h3-12,23,35H,13H2,1-2H3/b24-22+. The molecule has 2 heterocycles. The molecule has 5 rings (SSSR count). The number of rotatable bonds is 6. The summed E-state index contributed by atoms with van der Waals surface area (Å²) in [5.41, 5.74) is 3.74. The molecule has 0 bridgehead atoms. The number of benzene rings is 3. The first-order chi connectivity index (χ1) is 18.6. The summed E-state index contributed by atoms with van der Waals surface area (Å²) in [4.78, 5) is 28.2. The lowest BCUT2D eigenvalue weighted by Gasteiger charge is -2.23. The maximum atomic E-state index is 13.5. The maximum absolute atomic E-state index is 13.5. The number of carbonyl (C=O) groups excluding carboxylic acids is 2. The van der Waals surface area contributed by atoms with Gasteiger partial charge >= 0.3 is 5.91 Å². The summed E-state index contributed by atoms with van der Waals surface area (Å²) in [6.07, 6.45) is 0. The minimum absolute atomic E-state index is 0.00384. The molecule has 1 aromatic heterocycles. The lowest BCUT2D eigenvalue weighted by molar-refractivity contribution is -0.132. The first kappa shape index (κ1) is 27.9. The molecular weight excluding hydrogens is 641 g/mol. The Kier molecular flexibility index (Phi) is 8.16. The van der Waals surface area contributed by atoms with E-state index in [1.807, 2.05) is 56.3 Å². The van der Waals surface area contributed by atoms with Crippen LogP contribution in [-0.4, -0.2) is 27.0 Å². The first-order valence-corrected chi connectivity index (χ1v) is 15.0. The minimum Gasteiger partial charge on any atom is -0.507 e. The second-order valence-corrected chi connectivity index (χ2v) is 12.9. The number of Topliss-reactive ketones (excluding diaryl/α,β-unsaturated/α-hetero) is 1. The summed E-state index contributed by atoms with van der Waals surface area (Å²) in [5, 5.41) is 21.3. The SMILES string of the molecule is Cc1ccc(C)c(/C(O)=C2\C(=O)C(=O)N(c3nnc(SCc4ccc(Cl)cc4Cl)s3)C2c2cccc(Br)c2)c1. The molecule has 0 spiro atoms. The minimum atomic E-state index is -0.890. The number of aryl methyl sites for hydroxylation is 2. The van der Waals surface area contributed by atoms with Gasteiger partial charge in [-0.25, -0.2) is 0 Å². The molecule has 1 amide bonds. The summed E-state index contributed by atoms with van der Waals surface area (Å²) >= 11 is 18.4. The second-order valence-electron chi connectivity index (χ2n) is 8.92. The number of anilines is 1. The number of halogens is 3. The number of ketones is 1. The Morgan fingerprint density at radius 1 is 1.08 bits per heavy atom. The van der Waals surface area contributed by atoms with E-state index in [4.69, 9.17) is 23.2 Å². The van der Waals surface area contributed by atoms with Gasteiger partial charge in [-0.15, -0.1) is 10.2 Å². The van der Waals surface area contributed by atoms with Gasteiger partial charge in [0.15, 0.2) is 4.34 Å². The van der Waals surface area contributed by atoms with E-state index in [2.05, 4.69) is 26.1 Å². The van der Waals surface area contributed by atoms with Crippen molar-refractivity contribution in [2.45, 2.75) is 30.0 Å². The third-order valence-corrected chi connectivity index (χ3v) is 9.41. The molecule has 1 saturated heterocycles. The van der Waals surface area contributed by atoms with Crippen molar-refractivity contribution in [3.63, 3.8) is 0 Å². The predicted molar refractivity (Wildman–Crippen MR) is 161 cm³/mol. The largest absolute Gasteiger partial charge is 0.507 e. The first-order valence-electron chi connectivity index (χ1n) is 11.7. The summed E-state index contributed by atoms with van der Waals surface area (Å²) in [6.45, 7) is 3.75. The second kappa shape index (κ2) is 11.4. The van der Waals surface area contributed by atoms with Gasteiger partial charge < -0.3 is 5.11 Å². The highest BCUT2D eigenvalue weighted by Gasteiger charge is 2.48. The van der Waals surface area contributed by atoms with Crippen molar-refractivity contribution < 1.29 is 14.7 Å². The van der Waals surface area contributed by atoms with Gasteiger partial charge in [-0.1, -0.05) is 98.1 Å². The molecule has 39 heavy (non-hydrogen) atoms. The summed E-state index contributed by atoms with van der Waals surface area (Å²) < 4.78 is 1.37. The van der Waals surface area contributed by atoms with E-state index in [-0.39, 0.29) is 16.5 Å². The molecule has 0 radical (unpaired) electrons. The van der Waals surface area contributed by atoms with Crippen LogP contribution in [-0.2, 0) is 15.3 Å². The fraction of sp³-hybridized carbons (Fsp3) is 0.143. The fourth-order valence-corrected chi connectivity index (χ4v) is 7.14. The molecule has 198 valence electrons. The zero-order valence-corrected chi connectivity index (χ0v) is 25.3. The Balaban J connectivity index is 1.56. The molecule has 1 aliphatic heterocycles. The van der Waals surface area contributed by atoms with Crippen LogP contribution in [0.2, 0.25) is 10.0 Å². The van der Waals surface area contributed by atoms with E-state index in [9.17, 15) is 14.7 Å². The van der Waals surface area contributed by atoms with Gasteiger partial charge in [0.1, 0.15) is 5.76 Å². The van der Waals surface area contributed by atoms with Crippen molar-refractivity contribution in [2.24, 2.45) is 0 Å². The van der Waals surface area contributed by atoms with Crippen LogP contribution >= 0.6 is 62.2 Å². The normalized spacial score (nSPS) is 16.7. The van der Waals surface area contributed by atoms with Crippen LogP contribution in [0.3, 0.4) is 0 Å². The lowest BCUT2D eigenvalue weighted by atomic mass is 9.93. The fourth-order valence-electron chi connectivity index (χ4n) is 4.29. The molecule has 11 heteroatoms. The van der Waals surface area contributed by atoms with Crippen LogP contribution in [0.25, 0.3) is 5.76 Å². The predicted octanol–water partition coefficient (Wildman–Crippen LogP) is 8.14. The molecule has 6 nitrogen and oxygen atoms in total. The number of aromatic nitrogens is 2. The Hall–Kier alpha value is -2.69. The van der Waals surface area contributed by atoms with Crippen molar-refractivity contribution in [3.05, 3.63) is 109 Å². The van der Waals surface area contributed by atoms with Crippen LogP contribution < -0.4 is 4.90 Å². The number of carbonyl (C=O) groups is 2. The van der Waals surface area contributed by atoms with Gasteiger partial charge in [0, 0.05) is 25.8 Å². The lowest BCUT2D eigenvalue weighted by Crippen LogP contribution is -2.29. The number of aliphatic hydroxyl groups is 1. The third-order valence-electron chi connectivity index (χ3n) is 6.23. The van der Waals surface area contributed by atoms with Crippen LogP contribution in [0.5, 0.6) is 0 Å². The van der Waals surface area contributed by atoms with Gasteiger partial charge in [0.2, 0.25) is 5.13 Å². The number of hydrogen-bond acceptors (Lipinski definition) is 7. The van der Waals surface area contributed by atoms with Gasteiger partial charge in [0.05, 0.1) is 11.6 Å². The van der Waals surface area contributed by atoms with E-state index in [1.165, 1.54) is 28.0 Å². The van der Waals surface area contributed by atoms with E-state index in [0.29, 0.717) is 31.3 Å². The molecule has 0 aliphatic carbocycles. The Labute approximate surface area is 251 Å². The summed E-state index contributed by atoms with van der Waals surface area (Å²) in [6, 6.07) is 17.3. The highest BCUT2D eigenvalue weighted by Crippen LogP contribution is 2.45. The molecule has 3 aromatic carbocycles. The summed E-state index contributed by atoms with van der Waals surface area (Å²) in [5.74, 6) is -1.26. The van der Waals surface area contributed by atoms with E-state index < -0.39 is 17.7 Å². The van der Waals surface area contributed by atoms with E-state index >= 15 is 0 Å². The Morgan fingerprint density at radius 2 is 1.87 bits per heavy atom. The topological polar surface area (TPSA) is 83.4 Å². The average molecular weight is 661 g/mol. The van der Waals surface area contributed by atoms with Gasteiger partial charge in [-0.3, -0.25) is 14.5 Å².